The Labute approximate surface area is 119 Å². The second kappa shape index (κ2) is 5.54. The van der Waals surface area contributed by atoms with E-state index in [4.69, 9.17) is 16.3 Å². The SMILES string of the molecule is COc1ccc(CC2=CC(Cl)CC(C)(C)C2)cc1F. The van der Waals surface area contributed by atoms with Crippen LogP contribution in [-0.2, 0) is 6.42 Å². The minimum Gasteiger partial charge on any atom is -0.494 e. The van der Waals surface area contributed by atoms with E-state index in [9.17, 15) is 4.39 Å². The lowest BCUT2D eigenvalue weighted by Crippen LogP contribution is -2.22. The third kappa shape index (κ3) is 3.73. The fourth-order valence-electron chi connectivity index (χ4n) is 2.79. The Balaban J connectivity index is 2.15. The lowest BCUT2D eigenvalue weighted by atomic mass is 9.76. The first-order chi connectivity index (χ1) is 8.89. The van der Waals surface area contributed by atoms with E-state index in [1.165, 1.54) is 12.7 Å². The third-order valence-corrected chi connectivity index (χ3v) is 3.80. The first-order valence-corrected chi connectivity index (χ1v) is 6.99. The molecular formula is C16H20ClFO. The molecule has 0 fully saturated rings. The summed E-state index contributed by atoms with van der Waals surface area (Å²) in [6.45, 7) is 4.45. The topological polar surface area (TPSA) is 9.23 Å². The molecule has 1 aromatic rings. The minimum absolute atomic E-state index is 0.0850. The number of benzene rings is 1. The highest BCUT2D eigenvalue weighted by Crippen LogP contribution is 2.38. The molecule has 0 aromatic heterocycles. The molecule has 0 amide bonds. The molecule has 1 aliphatic carbocycles. The zero-order chi connectivity index (χ0) is 14.0. The fourth-order valence-corrected chi connectivity index (χ4v) is 3.39. The number of rotatable bonds is 3. The highest BCUT2D eigenvalue weighted by molar-refractivity contribution is 6.21. The van der Waals surface area contributed by atoms with Gasteiger partial charge in [0.25, 0.3) is 0 Å². The second-order valence-electron chi connectivity index (χ2n) is 6.03. The number of alkyl halides is 1. The van der Waals surface area contributed by atoms with Crippen LogP contribution in [0.2, 0.25) is 0 Å². The van der Waals surface area contributed by atoms with Gasteiger partial charge in [0.05, 0.1) is 12.5 Å². The van der Waals surface area contributed by atoms with E-state index in [0.29, 0.717) is 0 Å². The Morgan fingerprint density at radius 1 is 1.42 bits per heavy atom. The van der Waals surface area contributed by atoms with E-state index in [-0.39, 0.29) is 22.4 Å². The van der Waals surface area contributed by atoms with Crippen LogP contribution in [0.5, 0.6) is 5.75 Å². The van der Waals surface area contributed by atoms with Crippen molar-refractivity contribution in [2.24, 2.45) is 5.41 Å². The summed E-state index contributed by atoms with van der Waals surface area (Å²) in [7, 11) is 1.47. The van der Waals surface area contributed by atoms with Gasteiger partial charge in [-0.3, -0.25) is 0 Å². The molecule has 0 saturated carbocycles. The van der Waals surface area contributed by atoms with Gasteiger partial charge >= 0.3 is 0 Å². The van der Waals surface area contributed by atoms with Crippen LogP contribution in [0.25, 0.3) is 0 Å². The lowest BCUT2D eigenvalue weighted by molar-refractivity contribution is 0.320. The Hall–Kier alpha value is -1.02. The molecule has 0 N–H and O–H groups in total. The molecule has 0 saturated heterocycles. The first kappa shape index (κ1) is 14.4. The smallest absolute Gasteiger partial charge is 0.165 e. The molecule has 0 aliphatic heterocycles. The van der Waals surface area contributed by atoms with Gasteiger partial charge in [-0.25, -0.2) is 4.39 Å². The standard InChI is InChI=1S/C16H20ClFO/c1-16(2)9-12(7-13(17)10-16)6-11-4-5-15(19-3)14(18)8-11/h4-5,7-8,13H,6,9-10H2,1-3H3. The monoisotopic (exact) mass is 282 g/mol. The van der Waals surface area contributed by atoms with Crippen molar-refractivity contribution in [2.45, 2.75) is 38.5 Å². The van der Waals surface area contributed by atoms with Crippen molar-refractivity contribution in [1.82, 2.24) is 0 Å². The van der Waals surface area contributed by atoms with E-state index < -0.39 is 0 Å². The average molecular weight is 283 g/mol. The quantitative estimate of drug-likeness (QED) is 0.575. The maximum atomic E-state index is 13.7. The number of ether oxygens (including phenoxy) is 1. The number of allylic oxidation sites excluding steroid dienone is 2. The van der Waals surface area contributed by atoms with E-state index in [1.54, 1.807) is 12.1 Å². The second-order valence-corrected chi connectivity index (χ2v) is 6.59. The maximum Gasteiger partial charge on any atom is 0.165 e. The van der Waals surface area contributed by atoms with Crippen molar-refractivity contribution < 1.29 is 9.13 Å². The predicted molar refractivity (Wildman–Crippen MR) is 77.4 cm³/mol. The first-order valence-electron chi connectivity index (χ1n) is 6.56. The van der Waals surface area contributed by atoms with E-state index in [1.807, 2.05) is 6.07 Å². The molecule has 19 heavy (non-hydrogen) atoms. The summed E-state index contributed by atoms with van der Waals surface area (Å²) in [5.74, 6) is -0.0185. The third-order valence-electron chi connectivity index (χ3n) is 3.52. The van der Waals surface area contributed by atoms with Crippen molar-refractivity contribution in [3.8, 4) is 5.75 Å². The molecule has 0 heterocycles. The van der Waals surface area contributed by atoms with Crippen molar-refractivity contribution >= 4 is 11.6 Å². The van der Waals surface area contributed by atoms with Gasteiger partial charge in [-0.15, -0.1) is 11.6 Å². The molecule has 1 aliphatic rings. The summed E-state index contributed by atoms with van der Waals surface area (Å²) in [6, 6.07) is 5.13. The van der Waals surface area contributed by atoms with Crippen molar-refractivity contribution in [3.63, 3.8) is 0 Å². The van der Waals surface area contributed by atoms with E-state index in [0.717, 1.165) is 24.8 Å². The van der Waals surface area contributed by atoms with E-state index in [2.05, 4.69) is 19.9 Å². The van der Waals surface area contributed by atoms with Crippen molar-refractivity contribution in [3.05, 3.63) is 41.2 Å². The predicted octanol–water partition coefficient (Wildman–Crippen LogP) is 4.73. The Morgan fingerprint density at radius 3 is 2.74 bits per heavy atom. The van der Waals surface area contributed by atoms with Gasteiger partial charge in [0, 0.05) is 0 Å². The Kier molecular flexibility index (Phi) is 4.19. The van der Waals surface area contributed by atoms with Gasteiger partial charge in [-0.05, 0) is 42.4 Å². The summed E-state index contributed by atoms with van der Waals surface area (Å²) >= 11 is 6.27. The molecule has 104 valence electrons. The van der Waals surface area contributed by atoms with Crippen molar-refractivity contribution in [2.75, 3.05) is 7.11 Å². The molecule has 1 nitrogen and oxygen atoms in total. The van der Waals surface area contributed by atoms with Crippen LogP contribution >= 0.6 is 11.6 Å². The van der Waals surface area contributed by atoms with Crippen LogP contribution < -0.4 is 4.74 Å². The van der Waals surface area contributed by atoms with Gasteiger partial charge in [0.2, 0.25) is 0 Å². The summed E-state index contributed by atoms with van der Waals surface area (Å²) in [6.07, 6.45) is 4.89. The molecule has 1 unspecified atom stereocenters. The summed E-state index contributed by atoms with van der Waals surface area (Å²) in [5, 5.41) is 0.0850. The van der Waals surface area contributed by atoms with Crippen molar-refractivity contribution in [1.29, 1.82) is 0 Å². The number of methoxy groups -OCH3 is 1. The zero-order valence-corrected chi connectivity index (χ0v) is 12.4. The van der Waals surface area contributed by atoms with E-state index >= 15 is 0 Å². The van der Waals surface area contributed by atoms with Crippen LogP contribution in [0.1, 0.15) is 32.3 Å². The highest BCUT2D eigenvalue weighted by Gasteiger charge is 2.27. The molecule has 2 rings (SSSR count). The van der Waals surface area contributed by atoms with Crippen LogP contribution in [0, 0.1) is 11.2 Å². The van der Waals surface area contributed by atoms with Gasteiger partial charge in [-0.2, -0.15) is 0 Å². The number of hydrogen-bond acceptors (Lipinski definition) is 1. The Bertz CT molecular complexity index is 494. The molecular weight excluding hydrogens is 263 g/mol. The number of halogens is 2. The zero-order valence-electron chi connectivity index (χ0n) is 11.7. The van der Waals surface area contributed by atoms with Gasteiger partial charge in [-0.1, -0.05) is 31.6 Å². The number of hydrogen-bond donors (Lipinski definition) is 0. The molecule has 0 radical (unpaired) electrons. The van der Waals surface area contributed by atoms with Crippen LogP contribution in [0.15, 0.2) is 29.8 Å². The van der Waals surface area contributed by atoms with Gasteiger partial charge in [0.1, 0.15) is 0 Å². The average Bonchev–Trinajstić information content (AvgIpc) is 2.26. The highest BCUT2D eigenvalue weighted by atomic mass is 35.5. The molecule has 0 spiro atoms. The minimum atomic E-state index is -0.307. The lowest BCUT2D eigenvalue weighted by Gasteiger charge is -2.32. The molecule has 3 heteroatoms. The summed E-state index contributed by atoms with van der Waals surface area (Å²) < 4.78 is 18.6. The molecule has 1 aromatic carbocycles. The van der Waals surface area contributed by atoms with Gasteiger partial charge < -0.3 is 4.74 Å². The van der Waals surface area contributed by atoms with Crippen LogP contribution in [0.4, 0.5) is 4.39 Å². The van der Waals surface area contributed by atoms with Gasteiger partial charge in [0.15, 0.2) is 11.6 Å². The van der Waals surface area contributed by atoms with Crippen LogP contribution in [0.3, 0.4) is 0 Å². The maximum absolute atomic E-state index is 13.7. The summed E-state index contributed by atoms with van der Waals surface area (Å²) in [4.78, 5) is 0. The summed E-state index contributed by atoms with van der Waals surface area (Å²) in [5.41, 5.74) is 2.48. The fraction of sp³-hybridized carbons (Fsp3) is 0.500. The largest absolute Gasteiger partial charge is 0.494 e. The normalized spacial score (nSPS) is 21.9. The molecule has 1 atom stereocenters. The molecule has 0 bridgehead atoms. The van der Waals surface area contributed by atoms with Crippen LogP contribution in [-0.4, -0.2) is 12.5 Å². The Morgan fingerprint density at radius 2 is 2.16 bits per heavy atom.